The second-order valence-electron chi connectivity index (χ2n) is 5.57. The fourth-order valence-corrected chi connectivity index (χ4v) is 3.90. The van der Waals surface area contributed by atoms with E-state index in [1.165, 1.54) is 0 Å². The summed E-state index contributed by atoms with van der Waals surface area (Å²) in [7, 11) is 0. The van der Waals surface area contributed by atoms with Crippen molar-refractivity contribution in [3.8, 4) is 11.3 Å². The van der Waals surface area contributed by atoms with Crippen molar-refractivity contribution in [1.82, 2.24) is 14.4 Å². The molecule has 1 N–H and O–H groups in total. The monoisotopic (exact) mass is 435 g/mol. The van der Waals surface area contributed by atoms with Gasteiger partial charge in [-0.05, 0) is 40.2 Å². The Bertz CT molecular complexity index is 1090. The molecule has 7 heteroatoms. The fraction of sp³-hybridized carbons (Fsp3) is 0.111. The number of hydrogen-bond donors (Lipinski definition) is 1. The molecule has 0 aliphatic carbocycles. The molecule has 0 unspecified atom stereocenters. The predicted molar refractivity (Wildman–Crippen MR) is 104 cm³/mol. The smallest absolute Gasteiger partial charge is 0.147 e. The Labute approximate surface area is 162 Å². The second kappa shape index (κ2) is 6.57. The minimum absolute atomic E-state index is 0.00234. The van der Waals surface area contributed by atoms with Gasteiger partial charge in [0.1, 0.15) is 5.65 Å². The normalized spacial score (nSPS) is 11.5. The topological polar surface area (TPSA) is 50.4 Å². The molecule has 0 spiro atoms. The molecule has 0 saturated heterocycles. The first kappa shape index (κ1) is 16.8. The minimum Gasteiger partial charge on any atom is -0.396 e. The van der Waals surface area contributed by atoms with Crippen LogP contribution in [0.15, 0.2) is 47.2 Å². The van der Waals surface area contributed by atoms with Crippen molar-refractivity contribution in [1.29, 1.82) is 0 Å². The van der Waals surface area contributed by atoms with E-state index >= 15 is 0 Å². The summed E-state index contributed by atoms with van der Waals surface area (Å²) in [6, 6.07) is 9.27. The van der Waals surface area contributed by atoms with E-state index in [0.717, 1.165) is 26.7 Å². The summed E-state index contributed by atoms with van der Waals surface area (Å²) in [6.45, 7) is -0.00234. The summed E-state index contributed by atoms with van der Waals surface area (Å²) in [6.07, 6.45) is 4.10. The van der Waals surface area contributed by atoms with E-state index in [0.29, 0.717) is 27.7 Å². The maximum absolute atomic E-state index is 9.54. The van der Waals surface area contributed by atoms with Crippen LogP contribution in [0.25, 0.3) is 27.8 Å². The standard InChI is InChI=1S/C18H12BrCl2N3O/c19-10-8-11-14(22-9-10)4-6-24-15(5-7-25)17(23-18(11)24)16-12(20)2-1-3-13(16)21/h1-4,6,8-9,25H,5,7H2. The van der Waals surface area contributed by atoms with E-state index < -0.39 is 0 Å². The molecule has 1 aromatic carbocycles. The second-order valence-corrected chi connectivity index (χ2v) is 7.30. The van der Waals surface area contributed by atoms with Crippen LogP contribution in [0.1, 0.15) is 5.69 Å². The molecule has 0 amide bonds. The lowest BCUT2D eigenvalue weighted by Crippen LogP contribution is -1.99. The number of imidazole rings is 1. The van der Waals surface area contributed by atoms with Gasteiger partial charge in [-0.15, -0.1) is 0 Å². The van der Waals surface area contributed by atoms with Crippen molar-refractivity contribution in [3.63, 3.8) is 0 Å². The third-order valence-corrected chi connectivity index (χ3v) is 5.13. The lowest BCUT2D eigenvalue weighted by atomic mass is 10.1. The molecule has 3 heterocycles. The number of pyridine rings is 2. The molecule has 4 rings (SSSR count). The van der Waals surface area contributed by atoms with E-state index in [4.69, 9.17) is 28.2 Å². The van der Waals surface area contributed by atoms with Crippen molar-refractivity contribution < 1.29 is 5.11 Å². The van der Waals surface area contributed by atoms with Crippen LogP contribution in [-0.4, -0.2) is 26.1 Å². The Kier molecular flexibility index (Phi) is 4.41. The summed E-state index contributed by atoms with van der Waals surface area (Å²) in [5.41, 5.74) is 3.80. The van der Waals surface area contributed by atoms with Gasteiger partial charge in [0.05, 0.1) is 26.9 Å². The SMILES string of the molecule is OCCc1c(-c2c(Cl)cccc2Cl)nc2c3cc(Br)cnc3ccn12. The van der Waals surface area contributed by atoms with Gasteiger partial charge in [0.2, 0.25) is 0 Å². The molecule has 0 atom stereocenters. The Balaban J connectivity index is 2.12. The van der Waals surface area contributed by atoms with Crippen molar-refractivity contribution in [2.24, 2.45) is 0 Å². The number of halogens is 3. The number of fused-ring (bicyclic) bond motifs is 3. The molecule has 0 aliphatic rings. The van der Waals surface area contributed by atoms with Crippen LogP contribution in [0.3, 0.4) is 0 Å². The molecule has 0 aliphatic heterocycles. The highest BCUT2D eigenvalue weighted by atomic mass is 79.9. The van der Waals surface area contributed by atoms with Gasteiger partial charge in [-0.3, -0.25) is 4.98 Å². The largest absolute Gasteiger partial charge is 0.396 e. The van der Waals surface area contributed by atoms with Crippen LogP contribution in [0.4, 0.5) is 0 Å². The molecule has 126 valence electrons. The molecule has 3 aromatic heterocycles. The maximum Gasteiger partial charge on any atom is 0.147 e. The minimum atomic E-state index is -0.00234. The summed E-state index contributed by atoms with van der Waals surface area (Å²) < 4.78 is 2.83. The summed E-state index contributed by atoms with van der Waals surface area (Å²) in [5, 5.41) is 11.5. The zero-order valence-electron chi connectivity index (χ0n) is 12.9. The van der Waals surface area contributed by atoms with Crippen LogP contribution < -0.4 is 0 Å². The highest BCUT2D eigenvalue weighted by molar-refractivity contribution is 9.10. The van der Waals surface area contributed by atoms with Gasteiger partial charge in [0, 0.05) is 40.8 Å². The number of rotatable bonds is 3. The Hall–Kier alpha value is -1.66. The zero-order valence-corrected chi connectivity index (χ0v) is 16.0. The maximum atomic E-state index is 9.54. The van der Waals surface area contributed by atoms with E-state index in [1.54, 1.807) is 24.4 Å². The van der Waals surface area contributed by atoms with Gasteiger partial charge >= 0.3 is 0 Å². The van der Waals surface area contributed by atoms with E-state index in [-0.39, 0.29) is 6.61 Å². The fourth-order valence-electron chi connectivity index (χ4n) is 2.99. The third kappa shape index (κ3) is 2.81. The quantitative estimate of drug-likeness (QED) is 0.482. The van der Waals surface area contributed by atoms with Crippen LogP contribution in [0.2, 0.25) is 10.0 Å². The summed E-state index contributed by atoms with van der Waals surface area (Å²) >= 11 is 16.2. The number of aliphatic hydroxyl groups excluding tert-OH is 1. The first-order valence-electron chi connectivity index (χ1n) is 7.60. The summed E-state index contributed by atoms with van der Waals surface area (Å²) in [4.78, 5) is 9.24. The van der Waals surface area contributed by atoms with Crippen LogP contribution in [0.5, 0.6) is 0 Å². The van der Waals surface area contributed by atoms with Gasteiger partial charge in [0.25, 0.3) is 0 Å². The molecule has 4 aromatic rings. The van der Waals surface area contributed by atoms with E-state index in [1.807, 2.05) is 22.7 Å². The molecular formula is C18H12BrCl2N3O. The van der Waals surface area contributed by atoms with Crippen molar-refractivity contribution >= 4 is 55.7 Å². The van der Waals surface area contributed by atoms with Gasteiger partial charge < -0.3 is 9.51 Å². The molecule has 0 saturated carbocycles. The predicted octanol–water partition coefficient (Wildman–Crippen LogP) is 5.15. The average Bonchev–Trinajstić information content (AvgIpc) is 2.94. The van der Waals surface area contributed by atoms with Gasteiger partial charge in [-0.25, -0.2) is 4.98 Å². The highest BCUT2D eigenvalue weighted by Gasteiger charge is 2.20. The Morgan fingerprint density at radius 2 is 1.92 bits per heavy atom. The Morgan fingerprint density at radius 1 is 1.16 bits per heavy atom. The third-order valence-electron chi connectivity index (χ3n) is 4.07. The van der Waals surface area contributed by atoms with Crippen molar-refractivity contribution in [2.75, 3.05) is 6.61 Å². The average molecular weight is 437 g/mol. The lowest BCUT2D eigenvalue weighted by Gasteiger charge is -2.07. The highest BCUT2D eigenvalue weighted by Crippen LogP contribution is 2.37. The van der Waals surface area contributed by atoms with Gasteiger partial charge in [0.15, 0.2) is 0 Å². The Morgan fingerprint density at radius 3 is 2.64 bits per heavy atom. The van der Waals surface area contributed by atoms with Crippen LogP contribution in [-0.2, 0) is 6.42 Å². The number of nitrogens with zero attached hydrogens (tertiary/aromatic N) is 3. The van der Waals surface area contributed by atoms with Crippen LogP contribution in [0, 0.1) is 0 Å². The first-order valence-corrected chi connectivity index (χ1v) is 9.15. The van der Waals surface area contributed by atoms with Crippen molar-refractivity contribution in [2.45, 2.75) is 6.42 Å². The first-order chi connectivity index (χ1) is 12.1. The molecule has 25 heavy (non-hydrogen) atoms. The lowest BCUT2D eigenvalue weighted by molar-refractivity contribution is 0.298. The summed E-state index contributed by atoms with van der Waals surface area (Å²) in [5.74, 6) is 0. The number of aliphatic hydroxyl groups is 1. The van der Waals surface area contributed by atoms with Crippen molar-refractivity contribution in [3.05, 3.63) is 62.9 Å². The van der Waals surface area contributed by atoms with E-state index in [2.05, 4.69) is 20.9 Å². The van der Waals surface area contributed by atoms with E-state index in [9.17, 15) is 5.11 Å². The molecule has 0 radical (unpaired) electrons. The zero-order chi connectivity index (χ0) is 17.6. The molecular weight excluding hydrogens is 425 g/mol. The molecule has 4 nitrogen and oxygen atoms in total. The molecule has 0 fully saturated rings. The molecule has 0 bridgehead atoms. The van der Waals surface area contributed by atoms with Gasteiger partial charge in [-0.1, -0.05) is 29.3 Å². The van der Waals surface area contributed by atoms with Gasteiger partial charge in [-0.2, -0.15) is 0 Å². The number of hydrogen-bond acceptors (Lipinski definition) is 3. The number of benzene rings is 1. The van der Waals surface area contributed by atoms with Crippen LogP contribution >= 0.6 is 39.1 Å². The number of aromatic nitrogens is 3.